The summed E-state index contributed by atoms with van der Waals surface area (Å²) < 4.78 is 5.46. The third-order valence-electron chi connectivity index (χ3n) is 3.51. The average molecular weight is 277 g/mol. The lowest BCUT2D eigenvalue weighted by atomic mass is 10.1. The number of carbonyl (C=O) groups excluding carboxylic acids is 1. The molecule has 110 valence electrons. The van der Waals surface area contributed by atoms with Gasteiger partial charge in [-0.3, -0.25) is 4.79 Å². The van der Waals surface area contributed by atoms with E-state index in [0.717, 1.165) is 6.54 Å². The fraction of sp³-hybridized carbons (Fsp3) is 0.533. The minimum absolute atomic E-state index is 0.171. The van der Waals surface area contributed by atoms with Crippen LogP contribution in [0.15, 0.2) is 18.2 Å². The van der Waals surface area contributed by atoms with Gasteiger partial charge in [-0.05, 0) is 38.9 Å². The number of hydrogen-bond donors (Lipinski definition) is 2. The molecule has 0 radical (unpaired) electrons. The second-order valence-electron chi connectivity index (χ2n) is 5.12. The van der Waals surface area contributed by atoms with Crippen LogP contribution in [0.4, 0.5) is 5.69 Å². The van der Waals surface area contributed by atoms with Crippen LogP contribution in [0.5, 0.6) is 5.75 Å². The molecule has 1 aliphatic carbocycles. The van der Waals surface area contributed by atoms with Crippen molar-refractivity contribution in [3.05, 3.63) is 23.8 Å². The maximum Gasteiger partial charge on any atom is 0.257 e. The van der Waals surface area contributed by atoms with Crippen molar-refractivity contribution >= 4 is 11.6 Å². The Hall–Kier alpha value is -1.75. The Kier molecular flexibility index (Phi) is 4.84. The molecule has 5 nitrogen and oxygen atoms in total. The first-order valence-corrected chi connectivity index (χ1v) is 7.13. The Morgan fingerprint density at radius 3 is 2.90 bits per heavy atom. The summed E-state index contributed by atoms with van der Waals surface area (Å²) in [5, 5.41) is 2.91. The van der Waals surface area contributed by atoms with Crippen LogP contribution in [0.1, 0.15) is 30.1 Å². The van der Waals surface area contributed by atoms with E-state index in [1.54, 1.807) is 18.2 Å². The van der Waals surface area contributed by atoms with E-state index in [1.165, 1.54) is 12.8 Å². The van der Waals surface area contributed by atoms with Gasteiger partial charge in [0, 0.05) is 24.8 Å². The van der Waals surface area contributed by atoms with Gasteiger partial charge in [-0.1, -0.05) is 6.07 Å². The SMILES string of the molecule is CCOc1cccc(N)c1C(=O)NCCN(C)C1CC1. The summed E-state index contributed by atoms with van der Waals surface area (Å²) in [5.41, 5.74) is 6.77. The van der Waals surface area contributed by atoms with Gasteiger partial charge in [0.25, 0.3) is 5.91 Å². The fourth-order valence-electron chi connectivity index (χ4n) is 2.20. The van der Waals surface area contributed by atoms with Crippen LogP contribution < -0.4 is 15.8 Å². The number of nitrogens with two attached hydrogens (primary N) is 1. The fourth-order valence-corrected chi connectivity index (χ4v) is 2.20. The summed E-state index contributed by atoms with van der Waals surface area (Å²) in [6.45, 7) is 3.86. The van der Waals surface area contributed by atoms with Crippen molar-refractivity contribution in [2.45, 2.75) is 25.8 Å². The summed E-state index contributed by atoms with van der Waals surface area (Å²) >= 11 is 0. The zero-order valence-corrected chi connectivity index (χ0v) is 12.2. The minimum atomic E-state index is -0.171. The number of hydrogen-bond acceptors (Lipinski definition) is 4. The number of nitrogens with zero attached hydrogens (tertiary/aromatic N) is 1. The zero-order chi connectivity index (χ0) is 14.5. The number of likely N-dealkylation sites (N-methyl/N-ethyl adjacent to an activating group) is 1. The van der Waals surface area contributed by atoms with Crippen LogP contribution in [0, 0.1) is 0 Å². The number of nitrogens with one attached hydrogen (secondary N) is 1. The third-order valence-corrected chi connectivity index (χ3v) is 3.51. The van der Waals surface area contributed by atoms with Crippen LogP contribution in [0.3, 0.4) is 0 Å². The molecule has 0 saturated heterocycles. The lowest BCUT2D eigenvalue weighted by Crippen LogP contribution is -2.34. The second kappa shape index (κ2) is 6.61. The molecule has 0 spiro atoms. The van der Waals surface area contributed by atoms with E-state index in [-0.39, 0.29) is 5.91 Å². The Bertz CT molecular complexity index is 472. The quantitative estimate of drug-likeness (QED) is 0.741. The maximum atomic E-state index is 12.2. The first-order valence-electron chi connectivity index (χ1n) is 7.13. The average Bonchev–Trinajstić information content (AvgIpc) is 3.23. The number of ether oxygens (including phenoxy) is 1. The highest BCUT2D eigenvalue weighted by atomic mass is 16.5. The molecule has 3 N–H and O–H groups in total. The molecule has 0 unspecified atom stereocenters. The number of amides is 1. The maximum absolute atomic E-state index is 12.2. The molecule has 20 heavy (non-hydrogen) atoms. The Balaban J connectivity index is 1.93. The molecule has 5 heteroatoms. The van der Waals surface area contributed by atoms with Crippen LogP contribution in [-0.2, 0) is 0 Å². The van der Waals surface area contributed by atoms with E-state index in [2.05, 4.69) is 17.3 Å². The number of benzene rings is 1. The highest BCUT2D eigenvalue weighted by Gasteiger charge is 2.25. The standard InChI is InChI=1S/C15H23N3O2/c1-3-20-13-6-4-5-12(16)14(13)15(19)17-9-10-18(2)11-7-8-11/h4-6,11H,3,7-10,16H2,1-2H3,(H,17,19). The first-order chi connectivity index (χ1) is 9.63. The van der Waals surface area contributed by atoms with Crippen molar-refractivity contribution in [3.63, 3.8) is 0 Å². The van der Waals surface area contributed by atoms with Gasteiger partial charge in [-0.15, -0.1) is 0 Å². The van der Waals surface area contributed by atoms with Crippen molar-refractivity contribution in [1.29, 1.82) is 0 Å². The highest BCUT2D eigenvalue weighted by molar-refractivity contribution is 6.01. The van der Waals surface area contributed by atoms with Crippen molar-refractivity contribution < 1.29 is 9.53 Å². The summed E-state index contributed by atoms with van der Waals surface area (Å²) in [6.07, 6.45) is 2.54. The molecule has 1 aromatic carbocycles. The molecule has 1 saturated carbocycles. The van der Waals surface area contributed by atoms with Gasteiger partial charge in [-0.25, -0.2) is 0 Å². The molecule has 0 aromatic heterocycles. The molecule has 0 atom stereocenters. The second-order valence-corrected chi connectivity index (χ2v) is 5.12. The van der Waals surface area contributed by atoms with Gasteiger partial charge < -0.3 is 20.7 Å². The van der Waals surface area contributed by atoms with E-state index in [0.29, 0.717) is 36.2 Å². The van der Waals surface area contributed by atoms with Gasteiger partial charge in [0.15, 0.2) is 0 Å². The summed E-state index contributed by atoms with van der Waals surface area (Å²) in [7, 11) is 2.09. The smallest absolute Gasteiger partial charge is 0.257 e. The molecule has 2 rings (SSSR count). The summed E-state index contributed by atoms with van der Waals surface area (Å²) in [4.78, 5) is 14.5. The van der Waals surface area contributed by atoms with Crippen molar-refractivity contribution in [3.8, 4) is 5.75 Å². The lowest BCUT2D eigenvalue weighted by molar-refractivity contribution is 0.0946. The van der Waals surface area contributed by atoms with Crippen molar-refractivity contribution in [2.24, 2.45) is 0 Å². The Morgan fingerprint density at radius 2 is 2.25 bits per heavy atom. The van der Waals surface area contributed by atoms with E-state index in [4.69, 9.17) is 10.5 Å². The van der Waals surface area contributed by atoms with Gasteiger partial charge in [0.05, 0.1) is 6.61 Å². The zero-order valence-electron chi connectivity index (χ0n) is 12.2. The number of rotatable bonds is 7. The van der Waals surface area contributed by atoms with Crippen LogP contribution in [0.25, 0.3) is 0 Å². The number of anilines is 1. The van der Waals surface area contributed by atoms with E-state index >= 15 is 0 Å². The predicted octanol–water partition coefficient (Wildman–Crippen LogP) is 1.49. The van der Waals surface area contributed by atoms with Crippen LogP contribution in [0.2, 0.25) is 0 Å². The largest absolute Gasteiger partial charge is 0.493 e. The van der Waals surface area contributed by atoms with Gasteiger partial charge in [0.1, 0.15) is 11.3 Å². The molecular formula is C15H23N3O2. The highest BCUT2D eigenvalue weighted by Crippen LogP contribution is 2.25. The van der Waals surface area contributed by atoms with E-state index in [9.17, 15) is 4.79 Å². The van der Waals surface area contributed by atoms with E-state index in [1.807, 2.05) is 6.92 Å². The normalized spacial score (nSPS) is 14.3. The number of nitrogen functional groups attached to an aromatic ring is 1. The monoisotopic (exact) mass is 277 g/mol. The Morgan fingerprint density at radius 1 is 1.50 bits per heavy atom. The van der Waals surface area contributed by atoms with Gasteiger partial charge in [0.2, 0.25) is 0 Å². The minimum Gasteiger partial charge on any atom is -0.493 e. The van der Waals surface area contributed by atoms with Gasteiger partial charge >= 0.3 is 0 Å². The molecule has 1 aliphatic rings. The molecule has 1 fully saturated rings. The molecule has 0 bridgehead atoms. The molecule has 1 aromatic rings. The van der Waals surface area contributed by atoms with E-state index < -0.39 is 0 Å². The Labute approximate surface area is 120 Å². The van der Waals surface area contributed by atoms with Crippen molar-refractivity contribution in [1.82, 2.24) is 10.2 Å². The van der Waals surface area contributed by atoms with Crippen LogP contribution in [-0.4, -0.2) is 43.6 Å². The lowest BCUT2D eigenvalue weighted by Gasteiger charge is -2.17. The van der Waals surface area contributed by atoms with Crippen molar-refractivity contribution in [2.75, 3.05) is 32.5 Å². The summed E-state index contributed by atoms with van der Waals surface area (Å²) in [6, 6.07) is 5.98. The summed E-state index contributed by atoms with van der Waals surface area (Å²) in [5.74, 6) is 0.372. The predicted molar refractivity (Wildman–Crippen MR) is 80.0 cm³/mol. The molecule has 1 amide bonds. The number of carbonyl (C=O) groups is 1. The third kappa shape index (κ3) is 3.63. The topological polar surface area (TPSA) is 67.6 Å². The molecule has 0 heterocycles. The van der Waals surface area contributed by atoms with Gasteiger partial charge in [-0.2, -0.15) is 0 Å². The molecular weight excluding hydrogens is 254 g/mol. The first kappa shape index (κ1) is 14.7. The van der Waals surface area contributed by atoms with Crippen LogP contribution >= 0.6 is 0 Å². The molecule has 0 aliphatic heterocycles.